The van der Waals surface area contributed by atoms with Gasteiger partial charge in [0.1, 0.15) is 12.4 Å². The maximum Gasteiger partial charge on any atom is 0.238 e. The molecule has 0 bridgehead atoms. The van der Waals surface area contributed by atoms with E-state index in [1.807, 2.05) is 0 Å². The van der Waals surface area contributed by atoms with Crippen molar-refractivity contribution in [3.63, 3.8) is 0 Å². The van der Waals surface area contributed by atoms with Gasteiger partial charge in [0.2, 0.25) is 10.0 Å². The van der Waals surface area contributed by atoms with Crippen molar-refractivity contribution >= 4 is 41.9 Å². The van der Waals surface area contributed by atoms with E-state index in [1.165, 1.54) is 12.1 Å². The highest BCUT2D eigenvalue weighted by molar-refractivity contribution is 9.11. The molecule has 0 spiro atoms. The highest BCUT2D eigenvalue weighted by atomic mass is 79.9. The van der Waals surface area contributed by atoms with Crippen molar-refractivity contribution in [2.45, 2.75) is 30.3 Å². The van der Waals surface area contributed by atoms with Gasteiger partial charge in [0.15, 0.2) is 0 Å². The van der Waals surface area contributed by atoms with Crippen molar-refractivity contribution in [2.75, 3.05) is 13.2 Å². The van der Waals surface area contributed by atoms with Gasteiger partial charge in [-0.2, -0.15) is 0 Å². The average molecular weight is 429 g/mol. The summed E-state index contributed by atoms with van der Waals surface area (Å²) in [7, 11) is -3.74. The van der Waals surface area contributed by atoms with Crippen molar-refractivity contribution in [3.05, 3.63) is 21.1 Å². The van der Waals surface area contributed by atoms with Gasteiger partial charge in [-0.25, -0.2) is 13.6 Å². The van der Waals surface area contributed by atoms with Gasteiger partial charge in [0.25, 0.3) is 0 Å². The molecule has 1 saturated heterocycles. The second kappa shape index (κ2) is 6.74. The van der Waals surface area contributed by atoms with Crippen LogP contribution < -0.4 is 9.88 Å². The van der Waals surface area contributed by atoms with E-state index in [2.05, 4.69) is 31.9 Å². The number of hydrogen-bond acceptors (Lipinski definition) is 4. The van der Waals surface area contributed by atoms with Crippen molar-refractivity contribution in [3.8, 4) is 5.75 Å². The average Bonchev–Trinajstić information content (AvgIpc) is 2.37. The van der Waals surface area contributed by atoms with Gasteiger partial charge in [-0.05, 0) is 63.3 Å². The van der Waals surface area contributed by atoms with Gasteiger partial charge in [-0.3, -0.25) is 0 Å². The first-order valence-electron chi connectivity index (χ1n) is 6.14. The molecule has 5 nitrogen and oxygen atoms in total. The van der Waals surface area contributed by atoms with E-state index in [1.54, 1.807) is 0 Å². The number of ether oxygens (including phenoxy) is 2. The summed E-state index contributed by atoms with van der Waals surface area (Å²) in [4.78, 5) is 0.0255. The molecule has 0 amide bonds. The van der Waals surface area contributed by atoms with Crippen LogP contribution in [0.15, 0.2) is 26.0 Å². The monoisotopic (exact) mass is 427 g/mol. The minimum atomic E-state index is -3.74. The molecule has 1 heterocycles. The molecular weight excluding hydrogens is 414 g/mol. The predicted octanol–water partition coefficient (Wildman–Crippen LogP) is 2.81. The number of rotatable bonds is 4. The molecule has 1 aliphatic rings. The summed E-state index contributed by atoms with van der Waals surface area (Å²) in [6.07, 6.45) is 3.29. The van der Waals surface area contributed by atoms with Crippen LogP contribution in [0.2, 0.25) is 0 Å². The zero-order chi connectivity index (χ0) is 14.8. The normalized spacial score (nSPS) is 19.9. The third kappa shape index (κ3) is 4.17. The molecule has 0 aliphatic carbocycles. The summed E-state index contributed by atoms with van der Waals surface area (Å²) in [6.45, 7) is 1.20. The van der Waals surface area contributed by atoms with Crippen molar-refractivity contribution in [2.24, 2.45) is 5.14 Å². The van der Waals surface area contributed by atoms with Crippen LogP contribution in [-0.2, 0) is 14.8 Å². The van der Waals surface area contributed by atoms with Gasteiger partial charge in [0, 0.05) is 6.61 Å². The van der Waals surface area contributed by atoms with E-state index in [0.29, 0.717) is 21.3 Å². The van der Waals surface area contributed by atoms with Crippen LogP contribution in [-0.4, -0.2) is 27.7 Å². The second-order valence-electron chi connectivity index (χ2n) is 4.56. The number of benzene rings is 1. The summed E-state index contributed by atoms with van der Waals surface area (Å²) < 4.78 is 35.0. The van der Waals surface area contributed by atoms with Crippen LogP contribution in [0.1, 0.15) is 19.3 Å². The molecular formula is C12H15Br2NO4S. The Morgan fingerprint density at radius 3 is 2.45 bits per heavy atom. The van der Waals surface area contributed by atoms with E-state index < -0.39 is 10.0 Å². The Morgan fingerprint density at radius 1 is 1.30 bits per heavy atom. The maximum absolute atomic E-state index is 11.3. The summed E-state index contributed by atoms with van der Waals surface area (Å²) in [5.74, 6) is 0.548. The molecule has 1 fully saturated rings. The summed E-state index contributed by atoms with van der Waals surface area (Å²) >= 11 is 6.60. The highest BCUT2D eigenvalue weighted by Crippen LogP contribution is 2.36. The standard InChI is InChI=1S/C12H15Br2NO4S/c13-10-5-9(20(15,16)17)6-11(14)12(10)19-7-8-3-1-2-4-18-8/h5-6,8H,1-4,7H2,(H2,15,16,17). The smallest absolute Gasteiger partial charge is 0.238 e. The highest BCUT2D eigenvalue weighted by Gasteiger charge is 2.18. The lowest BCUT2D eigenvalue weighted by Gasteiger charge is -2.23. The second-order valence-corrected chi connectivity index (χ2v) is 7.83. The fraction of sp³-hybridized carbons (Fsp3) is 0.500. The first-order valence-corrected chi connectivity index (χ1v) is 9.27. The van der Waals surface area contributed by atoms with Gasteiger partial charge < -0.3 is 9.47 Å². The maximum atomic E-state index is 11.3. The molecule has 1 aromatic carbocycles. The topological polar surface area (TPSA) is 78.6 Å². The van der Waals surface area contributed by atoms with Gasteiger partial charge in [0.05, 0.1) is 19.9 Å². The van der Waals surface area contributed by atoms with E-state index in [4.69, 9.17) is 14.6 Å². The van der Waals surface area contributed by atoms with Crippen molar-refractivity contribution in [1.82, 2.24) is 0 Å². The molecule has 0 aromatic heterocycles. The fourth-order valence-electron chi connectivity index (χ4n) is 1.95. The van der Waals surface area contributed by atoms with Crippen LogP contribution in [0, 0.1) is 0 Å². The Balaban J connectivity index is 2.12. The number of hydrogen-bond donors (Lipinski definition) is 1. The van der Waals surface area contributed by atoms with Crippen LogP contribution in [0.5, 0.6) is 5.75 Å². The first kappa shape index (κ1) is 16.2. The molecule has 1 unspecified atom stereocenters. The Hall–Kier alpha value is -0.150. The quantitative estimate of drug-likeness (QED) is 0.799. The van der Waals surface area contributed by atoms with Gasteiger partial charge in [-0.15, -0.1) is 0 Å². The number of primary sulfonamides is 1. The molecule has 112 valence electrons. The van der Waals surface area contributed by atoms with Crippen molar-refractivity contribution in [1.29, 1.82) is 0 Å². The molecule has 20 heavy (non-hydrogen) atoms. The minimum Gasteiger partial charge on any atom is -0.489 e. The first-order chi connectivity index (χ1) is 9.38. The van der Waals surface area contributed by atoms with Crippen LogP contribution in [0.4, 0.5) is 0 Å². The lowest BCUT2D eigenvalue weighted by Crippen LogP contribution is -2.26. The largest absolute Gasteiger partial charge is 0.489 e. The van der Waals surface area contributed by atoms with Crippen LogP contribution in [0.25, 0.3) is 0 Å². The van der Waals surface area contributed by atoms with E-state index in [0.717, 1.165) is 25.9 Å². The minimum absolute atomic E-state index is 0.0255. The van der Waals surface area contributed by atoms with Crippen LogP contribution in [0.3, 0.4) is 0 Å². The Bertz CT molecular complexity index is 562. The molecule has 0 saturated carbocycles. The van der Waals surface area contributed by atoms with Gasteiger partial charge in [-0.1, -0.05) is 0 Å². The van der Waals surface area contributed by atoms with E-state index >= 15 is 0 Å². The summed E-state index contributed by atoms with van der Waals surface area (Å²) in [6, 6.07) is 2.86. The third-order valence-corrected chi connectivity index (χ3v) is 5.06. The molecule has 2 N–H and O–H groups in total. The molecule has 1 aliphatic heterocycles. The SMILES string of the molecule is NS(=O)(=O)c1cc(Br)c(OCC2CCCCO2)c(Br)c1. The number of nitrogens with two attached hydrogens (primary N) is 1. The van der Waals surface area contributed by atoms with Gasteiger partial charge >= 0.3 is 0 Å². The molecule has 0 radical (unpaired) electrons. The van der Waals surface area contributed by atoms with Crippen molar-refractivity contribution < 1.29 is 17.9 Å². The number of halogens is 2. The Kier molecular flexibility index (Phi) is 5.47. The molecule has 2 rings (SSSR count). The lowest BCUT2D eigenvalue weighted by atomic mass is 10.1. The van der Waals surface area contributed by atoms with E-state index in [9.17, 15) is 8.42 Å². The third-order valence-electron chi connectivity index (χ3n) is 2.99. The molecule has 1 atom stereocenters. The Morgan fingerprint density at radius 2 is 1.95 bits per heavy atom. The van der Waals surface area contributed by atoms with Crippen LogP contribution >= 0.6 is 31.9 Å². The zero-order valence-electron chi connectivity index (χ0n) is 10.6. The fourth-order valence-corrected chi connectivity index (χ4v) is 4.24. The summed E-state index contributed by atoms with van der Waals surface area (Å²) in [5, 5.41) is 5.11. The predicted molar refractivity (Wildman–Crippen MR) is 82.3 cm³/mol. The molecule has 1 aromatic rings. The Labute approximate surface area is 135 Å². The summed E-state index contributed by atoms with van der Waals surface area (Å²) in [5.41, 5.74) is 0. The zero-order valence-corrected chi connectivity index (χ0v) is 14.6. The van der Waals surface area contributed by atoms with E-state index in [-0.39, 0.29) is 11.0 Å². The molecule has 8 heteroatoms. The number of sulfonamides is 1. The lowest BCUT2D eigenvalue weighted by molar-refractivity contribution is -0.0113.